The summed E-state index contributed by atoms with van der Waals surface area (Å²) >= 11 is 0. The predicted octanol–water partition coefficient (Wildman–Crippen LogP) is 2.58. The van der Waals surface area contributed by atoms with E-state index in [9.17, 15) is 0 Å². The van der Waals surface area contributed by atoms with Crippen LogP contribution in [0.1, 0.15) is 46.5 Å². The van der Waals surface area contributed by atoms with Gasteiger partial charge in [-0.15, -0.1) is 0 Å². The summed E-state index contributed by atoms with van der Waals surface area (Å²) in [7, 11) is 1.78. The topological polar surface area (TPSA) is 21.3 Å². The molecule has 1 aliphatic rings. The standard InChI is InChI=1S/C12H25NO/c1-10(11(2)14-4)13-9-12(3)7-5-6-8-12/h10-11,13H,5-9H2,1-4H3. The lowest BCUT2D eigenvalue weighted by Gasteiger charge is -2.28. The van der Waals surface area contributed by atoms with E-state index in [0.717, 1.165) is 6.54 Å². The summed E-state index contributed by atoms with van der Waals surface area (Å²) in [5.74, 6) is 0. The third kappa shape index (κ3) is 3.25. The zero-order valence-corrected chi connectivity index (χ0v) is 10.1. The predicted molar refractivity (Wildman–Crippen MR) is 60.5 cm³/mol. The summed E-state index contributed by atoms with van der Waals surface area (Å²) in [6.07, 6.45) is 5.89. The van der Waals surface area contributed by atoms with Crippen molar-refractivity contribution >= 4 is 0 Å². The zero-order chi connectivity index (χ0) is 10.6. The van der Waals surface area contributed by atoms with Gasteiger partial charge >= 0.3 is 0 Å². The average molecular weight is 199 g/mol. The van der Waals surface area contributed by atoms with Crippen molar-refractivity contribution in [3.8, 4) is 0 Å². The van der Waals surface area contributed by atoms with Crippen molar-refractivity contribution in [2.24, 2.45) is 5.41 Å². The van der Waals surface area contributed by atoms with E-state index >= 15 is 0 Å². The van der Waals surface area contributed by atoms with Crippen molar-refractivity contribution < 1.29 is 4.74 Å². The third-order valence-electron chi connectivity index (χ3n) is 3.74. The molecule has 0 aromatic carbocycles. The maximum atomic E-state index is 5.30. The lowest BCUT2D eigenvalue weighted by molar-refractivity contribution is 0.0842. The molecule has 1 aliphatic carbocycles. The molecule has 84 valence electrons. The second-order valence-corrected chi connectivity index (χ2v) is 5.13. The van der Waals surface area contributed by atoms with E-state index < -0.39 is 0 Å². The molecule has 0 aromatic heterocycles. The second-order valence-electron chi connectivity index (χ2n) is 5.13. The summed E-state index contributed by atoms with van der Waals surface area (Å²) in [4.78, 5) is 0. The highest BCUT2D eigenvalue weighted by atomic mass is 16.5. The molecule has 1 fully saturated rings. The lowest BCUT2D eigenvalue weighted by Crippen LogP contribution is -2.41. The molecule has 1 rings (SSSR count). The molecule has 0 bridgehead atoms. The van der Waals surface area contributed by atoms with Crippen LogP contribution in [-0.2, 0) is 4.74 Å². The average Bonchev–Trinajstić information content (AvgIpc) is 2.61. The minimum atomic E-state index is 0.306. The number of rotatable bonds is 5. The first-order valence-electron chi connectivity index (χ1n) is 5.83. The lowest BCUT2D eigenvalue weighted by atomic mass is 9.88. The number of methoxy groups -OCH3 is 1. The highest BCUT2D eigenvalue weighted by Crippen LogP contribution is 2.36. The molecule has 0 spiro atoms. The van der Waals surface area contributed by atoms with Gasteiger partial charge in [-0.05, 0) is 32.1 Å². The summed E-state index contributed by atoms with van der Waals surface area (Å²) in [5, 5.41) is 3.59. The van der Waals surface area contributed by atoms with Gasteiger partial charge in [0.1, 0.15) is 0 Å². The van der Waals surface area contributed by atoms with E-state index in [-0.39, 0.29) is 0 Å². The van der Waals surface area contributed by atoms with Crippen molar-refractivity contribution in [1.82, 2.24) is 5.32 Å². The fraction of sp³-hybridized carbons (Fsp3) is 1.00. The van der Waals surface area contributed by atoms with Crippen molar-refractivity contribution in [1.29, 1.82) is 0 Å². The highest BCUT2D eigenvalue weighted by molar-refractivity contribution is 4.84. The minimum absolute atomic E-state index is 0.306. The summed E-state index contributed by atoms with van der Waals surface area (Å²) < 4.78 is 5.30. The van der Waals surface area contributed by atoms with Crippen molar-refractivity contribution in [2.75, 3.05) is 13.7 Å². The second kappa shape index (κ2) is 5.13. The maximum absolute atomic E-state index is 5.30. The number of hydrogen-bond acceptors (Lipinski definition) is 2. The van der Waals surface area contributed by atoms with Crippen LogP contribution in [0.5, 0.6) is 0 Å². The first-order valence-corrected chi connectivity index (χ1v) is 5.83. The molecule has 14 heavy (non-hydrogen) atoms. The number of hydrogen-bond donors (Lipinski definition) is 1. The SMILES string of the molecule is COC(C)C(C)NCC1(C)CCCC1. The Kier molecular flexibility index (Phi) is 4.39. The van der Waals surface area contributed by atoms with Gasteiger partial charge in [0, 0.05) is 19.7 Å². The molecule has 0 aromatic rings. The summed E-state index contributed by atoms with van der Waals surface area (Å²) in [6.45, 7) is 7.86. The fourth-order valence-corrected chi connectivity index (χ4v) is 2.18. The molecule has 0 heterocycles. The van der Waals surface area contributed by atoms with Crippen molar-refractivity contribution in [3.05, 3.63) is 0 Å². The Morgan fingerprint density at radius 2 is 1.86 bits per heavy atom. The molecule has 2 nitrogen and oxygen atoms in total. The Hall–Kier alpha value is -0.0800. The van der Waals surface area contributed by atoms with Gasteiger partial charge in [-0.25, -0.2) is 0 Å². The molecule has 0 amide bonds. The molecule has 0 saturated heterocycles. The molecule has 1 saturated carbocycles. The van der Waals surface area contributed by atoms with Crippen LogP contribution in [0.4, 0.5) is 0 Å². The van der Waals surface area contributed by atoms with Crippen LogP contribution in [-0.4, -0.2) is 25.8 Å². The molecular weight excluding hydrogens is 174 g/mol. The quantitative estimate of drug-likeness (QED) is 0.735. The van der Waals surface area contributed by atoms with Crippen molar-refractivity contribution in [3.63, 3.8) is 0 Å². The first kappa shape index (κ1) is 12.0. The molecular formula is C12H25NO. The zero-order valence-electron chi connectivity index (χ0n) is 10.1. The third-order valence-corrected chi connectivity index (χ3v) is 3.74. The van der Waals surface area contributed by atoms with Crippen molar-refractivity contribution in [2.45, 2.75) is 58.6 Å². The van der Waals surface area contributed by atoms with E-state index in [1.807, 2.05) is 0 Å². The highest BCUT2D eigenvalue weighted by Gasteiger charge is 2.28. The Labute approximate surface area is 88.4 Å². The molecule has 0 aliphatic heterocycles. The number of nitrogens with one attached hydrogen (secondary N) is 1. The normalized spacial score (nSPS) is 24.9. The van der Waals surface area contributed by atoms with E-state index in [4.69, 9.17) is 4.74 Å². The van der Waals surface area contributed by atoms with Gasteiger partial charge in [-0.2, -0.15) is 0 Å². The monoisotopic (exact) mass is 199 g/mol. The first-order chi connectivity index (χ1) is 6.57. The van der Waals surface area contributed by atoms with E-state index in [0.29, 0.717) is 17.6 Å². The van der Waals surface area contributed by atoms with Crippen LogP contribution in [0.25, 0.3) is 0 Å². The Morgan fingerprint density at radius 1 is 1.29 bits per heavy atom. The van der Waals surface area contributed by atoms with Gasteiger partial charge in [-0.3, -0.25) is 0 Å². The Morgan fingerprint density at radius 3 is 2.36 bits per heavy atom. The van der Waals surface area contributed by atoms with Gasteiger partial charge in [0.15, 0.2) is 0 Å². The molecule has 2 heteroatoms. The van der Waals surface area contributed by atoms with Gasteiger partial charge in [0.05, 0.1) is 6.10 Å². The smallest absolute Gasteiger partial charge is 0.0693 e. The van der Waals surface area contributed by atoms with Crippen LogP contribution < -0.4 is 5.32 Å². The molecule has 0 radical (unpaired) electrons. The van der Waals surface area contributed by atoms with Crippen LogP contribution in [0.2, 0.25) is 0 Å². The number of ether oxygens (including phenoxy) is 1. The molecule has 2 unspecified atom stereocenters. The van der Waals surface area contributed by atoms with E-state index in [2.05, 4.69) is 26.1 Å². The molecule has 2 atom stereocenters. The van der Waals surface area contributed by atoms with Gasteiger partial charge in [0.2, 0.25) is 0 Å². The van der Waals surface area contributed by atoms with Crippen LogP contribution in [0.3, 0.4) is 0 Å². The van der Waals surface area contributed by atoms with Crippen LogP contribution in [0, 0.1) is 5.41 Å². The van der Waals surface area contributed by atoms with Gasteiger partial charge in [-0.1, -0.05) is 19.8 Å². The fourth-order valence-electron chi connectivity index (χ4n) is 2.18. The van der Waals surface area contributed by atoms with Gasteiger partial charge < -0.3 is 10.1 Å². The van der Waals surface area contributed by atoms with Gasteiger partial charge in [0.25, 0.3) is 0 Å². The van der Waals surface area contributed by atoms with Crippen LogP contribution >= 0.6 is 0 Å². The largest absolute Gasteiger partial charge is 0.380 e. The van der Waals surface area contributed by atoms with Crippen LogP contribution in [0.15, 0.2) is 0 Å². The Balaban J connectivity index is 2.25. The van der Waals surface area contributed by atoms with E-state index in [1.165, 1.54) is 25.7 Å². The maximum Gasteiger partial charge on any atom is 0.0693 e. The van der Waals surface area contributed by atoms with E-state index in [1.54, 1.807) is 7.11 Å². The summed E-state index contributed by atoms with van der Waals surface area (Å²) in [5.41, 5.74) is 0.543. The summed E-state index contributed by atoms with van der Waals surface area (Å²) in [6, 6.07) is 0.456. The molecule has 1 N–H and O–H groups in total. The minimum Gasteiger partial charge on any atom is -0.380 e. The Bertz CT molecular complexity index is 164.